The highest BCUT2D eigenvalue weighted by molar-refractivity contribution is 5.89. The van der Waals surface area contributed by atoms with Crippen molar-refractivity contribution in [3.63, 3.8) is 0 Å². The number of amides is 3. The van der Waals surface area contributed by atoms with Crippen LogP contribution in [0.5, 0.6) is 0 Å². The first-order valence-corrected chi connectivity index (χ1v) is 9.29. The summed E-state index contributed by atoms with van der Waals surface area (Å²) in [6.07, 6.45) is 3.26. The van der Waals surface area contributed by atoms with Crippen LogP contribution >= 0.6 is 0 Å². The molecule has 6 nitrogen and oxygen atoms in total. The molecule has 2 heterocycles. The molecule has 1 N–H and O–H groups in total. The van der Waals surface area contributed by atoms with Gasteiger partial charge in [-0.05, 0) is 43.4 Å². The Morgan fingerprint density at radius 1 is 1.19 bits per heavy atom. The standard InChI is InChI=1S/C19H26FN3O3/c20-16-4-1-5-17(13-16)21-19(25)23-8-2-3-15(14-23)6-7-18(24)22-9-11-26-12-10-22/h1,4-5,13,15H,2-3,6-12,14H2,(H,21,25)/t15-/m1/s1. The number of hydrogen-bond acceptors (Lipinski definition) is 3. The molecule has 26 heavy (non-hydrogen) atoms. The van der Waals surface area contributed by atoms with E-state index in [1.165, 1.54) is 12.1 Å². The summed E-state index contributed by atoms with van der Waals surface area (Å²) in [5.74, 6) is 0.127. The van der Waals surface area contributed by atoms with Gasteiger partial charge in [0.1, 0.15) is 5.82 Å². The predicted molar refractivity (Wildman–Crippen MR) is 96.3 cm³/mol. The third kappa shape index (κ3) is 5.17. The number of hydrogen-bond donors (Lipinski definition) is 1. The van der Waals surface area contributed by atoms with E-state index < -0.39 is 0 Å². The number of anilines is 1. The number of piperidine rings is 1. The van der Waals surface area contributed by atoms with E-state index >= 15 is 0 Å². The van der Waals surface area contributed by atoms with Crippen LogP contribution in [0.15, 0.2) is 24.3 Å². The number of nitrogens with zero attached hydrogens (tertiary/aromatic N) is 2. The Balaban J connectivity index is 1.46. The number of ether oxygens (including phenoxy) is 1. The molecule has 2 saturated heterocycles. The van der Waals surface area contributed by atoms with Crippen LogP contribution in [0, 0.1) is 11.7 Å². The van der Waals surface area contributed by atoms with Crippen molar-refractivity contribution in [2.24, 2.45) is 5.92 Å². The van der Waals surface area contributed by atoms with Gasteiger partial charge in [0.25, 0.3) is 0 Å². The van der Waals surface area contributed by atoms with E-state index in [0.717, 1.165) is 19.3 Å². The van der Waals surface area contributed by atoms with Crippen molar-refractivity contribution in [3.05, 3.63) is 30.1 Å². The van der Waals surface area contributed by atoms with E-state index in [9.17, 15) is 14.0 Å². The van der Waals surface area contributed by atoms with Crippen LogP contribution in [0.3, 0.4) is 0 Å². The number of nitrogens with one attached hydrogen (secondary N) is 1. The fourth-order valence-corrected chi connectivity index (χ4v) is 3.55. The molecule has 2 aliphatic heterocycles. The van der Waals surface area contributed by atoms with Gasteiger partial charge in [-0.2, -0.15) is 0 Å². The first-order valence-electron chi connectivity index (χ1n) is 9.29. The van der Waals surface area contributed by atoms with E-state index in [1.54, 1.807) is 17.0 Å². The van der Waals surface area contributed by atoms with Crippen molar-refractivity contribution in [2.75, 3.05) is 44.7 Å². The molecule has 0 aliphatic carbocycles. The van der Waals surface area contributed by atoms with Crippen LogP contribution in [0.25, 0.3) is 0 Å². The van der Waals surface area contributed by atoms with Gasteiger partial charge in [0.15, 0.2) is 0 Å². The second-order valence-corrected chi connectivity index (χ2v) is 6.93. The number of benzene rings is 1. The fourth-order valence-electron chi connectivity index (χ4n) is 3.55. The average molecular weight is 363 g/mol. The molecule has 0 aromatic heterocycles. The monoisotopic (exact) mass is 363 g/mol. The number of rotatable bonds is 4. The molecule has 3 rings (SSSR count). The number of likely N-dealkylation sites (tertiary alicyclic amines) is 1. The normalized spacial score (nSPS) is 20.7. The van der Waals surface area contributed by atoms with Crippen LogP contribution in [-0.4, -0.2) is 61.1 Å². The SMILES string of the molecule is O=C(CC[C@H]1CCCN(C(=O)Nc2cccc(F)c2)C1)N1CCOCC1. The number of carbonyl (C=O) groups excluding carboxylic acids is 2. The molecule has 7 heteroatoms. The third-order valence-electron chi connectivity index (χ3n) is 5.01. The first kappa shape index (κ1) is 18.6. The molecule has 0 spiro atoms. The number of urea groups is 1. The van der Waals surface area contributed by atoms with Crippen molar-refractivity contribution in [3.8, 4) is 0 Å². The molecule has 3 amide bonds. The van der Waals surface area contributed by atoms with Gasteiger partial charge in [0, 0.05) is 38.3 Å². The van der Waals surface area contributed by atoms with Crippen molar-refractivity contribution in [2.45, 2.75) is 25.7 Å². The fraction of sp³-hybridized carbons (Fsp3) is 0.579. The summed E-state index contributed by atoms with van der Waals surface area (Å²) < 4.78 is 18.5. The van der Waals surface area contributed by atoms with E-state index in [0.29, 0.717) is 57.4 Å². The maximum Gasteiger partial charge on any atom is 0.321 e. The van der Waals surface area contributed by atoms with Gasteiger partial charge in [-0.15, -0.1) is 0 Å². The van der Waals surface area contributed by atoms with Gasteiger partial charge >= 0.3 is 6.03 Å². The summed E-state index contributed by atoms with van der Waals surface area (Å²) in [5.41, 5.74) is 0.458. The quantitative estimate of drug-likeness (QED) is 0.895. The van der Waals surface area contributed by atoms with Gasteiger partial charge in [-0.3, -0.25) is 4.79 Å². The Hall–Kier alpha value is -2.15. The minimum atomic E-state index is -0.374. The van der Waals surface area contributed by atoms with Crippen LogP contribution in [0.1, 0.15) is 25.7 Å². The highest BCUT2D eigenvalue weighted by Crippen LogP contribution is 2.22. The summed E-state index contributed by atoms with van der Waals surface area (Å²) in [7, 11) is 0. The summed E-state index contributed by atoms with van der Waals surface area (Å²) in [6.45, 7) is 3.90. The lowest BCUT2D eigenvalue weighted by Crippen LogP contribution is -2.43. The van der Waals surface area contributed by atoms with E-state index in [2.05, 4.69) is 5.32 Å². The van der Waals surface area contributed by atoms with Gasteiger partial charge in [0.05, 0.1) is 13.2 Å². The molecule has 0 unspecified atom stereocenters. The summed E-state index contributed by atoms with van der Waals surface area (Å²) >= 11 is 0. The topological polar surface area (TPSA) is 61.9 Å². The Kier molecular flexibility index (Phi) is 6.44. The van der Waals surface area contributed by atoms with E-state index in [-0.39, 0.29) is 17.8 Å². The van der Waals surface area contributed by atoms with E-state index in [4.69, 9.17) is 4.74 Å². The average Bonchev–Trinajstić information content (AvgIpc) is 2.67. The molecule has 1 aromatic rings. The van der Waals surface area contributed by atoms with Crippen molar-refractivity contribution < 1.29 is 18.7 Å². The molecule has 0 saturated carbocycles. The lowest BCUT2D eigenvalue weighted by atomic mass is 9.93. The first-order chi connectivity index (χ1) is 12.6. The van der Waals surface area contributed by atoms with E-state index in [1.807, 2.05) is 4.90 Å². The lowest BCUT2D eigenvalue weighted by Gasteiger charge is -2.33. The molecule has 2 aliphatic rings. The Morgan fingerprint density at radius 2 is 2.00 bits per heavy atom. The predicted octanol–water partition coefficient (Wildman–Crippen LogP) is 2.71. The molecule has 142 valence electrons. The minimum absolute atomic E-state index is 0.176. The summed E-state index contributed by atoms with van der Waals surface area (Å²) in [5, 5.41) is 2.75. The van der Waals surface area contributed by atoms with Crippen LogP contribution in [-0.2, 0) is 9.53 Å². The number of morpholine rings is 1. The van der Waals surface area contributed by atoms with Crippen molar-refractivity contribution in [1.29, 1.82) is 0 Å². The molecule has 0 radical (unpaired) electrons. The molecular weight excluding hydrogens is 337 g/mol. The van der Waals surface area contributed by atoms with Gasteiger partial charge in [0.2, 0.25) is 5.91 Å². The Bertz CT molecular complexity index is 634. The molecule has 1 atom stereocenters. The molecular formula is C19H26FN3O3. The Labute approximate surface area is 153 Å². The zero-order valence-electron chi connectivity index (χ0n) is 15.0. The second-order valence-electron chi connectivity index (χ2n) is 6.93. The van der Waals surface area contributed by atoms with Gasteiger partial charge in [-0.1, -0.05) is 6.07 Å². The highest BCUT2D eigenvalue weighted by atomic mass is 19.1. The van der Waals surface area contributed by atoms with Gasteiger partial charge in [-0.25, -0.2) is 9.18 Å². The maximum absolute atomic E-state index is 13.2. The molecule has 1 aromatic carbocycles. The minimum Gasteiger partial charge on any atom is -0.378 e. The molecule has 0 bridgehead atoms. The van der Waals surface area contributed by atoms with Crippen LogP contribution in [0.4, 0.5) is 14.9 Å². The summed E-state index contributed by atoms with van der Waals surface area (Å²) in [6, 6.07) is 5.68. The Morgan fingerprint density at radius 3 is 2.77 bits per heavy atom. The number of carbonyl (C=O) groups is 2. The van der Waals surface area contributed by atoms with Crippen LogP contribution < -0.4 is 5.32 Å². The number of halogens is 1. The second kappa shape index (κ2) is 8.98. The van der Waals surface area contributed by atoms with Crippen molar-refractivity contribution >= 4 is 17.6 Å². The maximum atomic E-state index is 13.2. The van der Waals surface area contributed by atoms with Crippen molar-refractivity contribution in [1.82, 2.24) is 9.80 Å². The van der Waals surface area contributed by atoms with Gasteiger partial charge < -0.3 is 19.9 Å². The lowest BCUT2D eigenvalue weighted by molar-refractivity contribution is -0.135. The summed E-state index contributed by atoms with van der Waals surface area (Å²) in [4.78, 5) is 28.3. The van der Waals surface area contributed by atoms with Crippen LogP contribution in [0.2, 0.25) is 0 Å². The smallest absolute Gasteiger partial charge is 0.321 e. The molecule has 2 fully saturated rings. The zero-order valence-corrected chi connectivity index (χ0v) is 15.0. The largest absolute Gasteiger partial charge is 0.378 e. The zero-order chi connectivity index (χ0) is 18.4. The third-order valence-corrected chi connectivity index (χ3v) is 5.01. The highest BCUT2D eigenvalue weighted by Gasteiger charge is 2.25.